The highest BCUT2D eigenvalue weighted by Crippen LogP contribution is 2.28. The molecule has 4 rings (SSSR count). The van der Waals surface area contributed by atoms with E-state index >= 15 is 0 Å². The fraction of sp³-hybridized carbons (Fsp3) is 0.458. The number of nitrogens with one attached hydrogen (secondary N) is 3. The molecule has 1 aromatic carbocycles. The maximum absolute atomic E-state index is 14.2. The van der Waals surface area contributed by atoms with Gasteiger partial charge in [-0.3, -0.25) is 4.79 Å². The minimum Gasteiger partial charge on any atom is -0.387 e. The number of aliphatic hydroxyl groups is 1. The summed E-state index contributed by atoms with van der Waals surface area (Å²) in [6, 6.07) is 8.06. The van der Waals surface area contributed by atoms with Crippen molar-refractivity contribution in [1.29, 1.82) is 0 Å². The Morgan fingerprint density at radius 3 is 2.76 bits per heavy atom. The summed E-state index contributed by atoms with van der Waals surface area (Å²) in [4.78, 5) is 21.6. The van der Waals surface area contributed by atoms with Crippen molar-refractivity contribution in [1.82, 2.24) is 15.3 Å². The van der Waals surface area contributed by atoms with Gasteiger partial charge < -0.3 is 26.8 Å². The molecule has 1 fully saturated rings. The summed E-state index contributed by atoms with van der Waals surface area (Å²) in [6.45, 7) is 2.45. The zero-order chi connectivity index (χ0) is 24.3. The van der Waals surface area contributed by atoms with Crippen LogP contribution in [0.2, 0.25) is 0 Å². The van der Waals surface area contributed by atoms with Gasteiger partial charge in [0, 0.05) is 30.0 Å². The van der Waals surface area contributed by atoms with E-state index in [0.717, 1.165) is 41.6 Å². The lowest BCUT2D eigenvalue weighted by molar-refractivity contribution is -0.00177. The maximum Gasteiger partial charge on any atom is 0.255 e. The van der Waals surface area contributed by atoms with Crippen LogP contribution in [-0.4, -0.2) is 51.4 Å². The van der Waals surface area contributed by atoms with Crippen LogP contribution in [0.4, 0.5) is 21.6 Å². The lowest BCUT2D eigenvalue weighted by atomic mass is 9.91. The van der Waals surface area contributed by atoms with Crippen LogP contribution in [0.15, 0.2) is 36.0 Å². The molecule has 3 aromatic rings. The van der Waals surface area contributed by atoms with Gasteiger partial charge in [0.15, 0.2) is 0 Å². The number of thiazole rings is 1. The first kappa shape index (κ1) is 24.3. The number of nitrogens with two attached hydrogens (primary N) is 1. The van der Waals surface area contributed by atoms with Gasteiger partial charge in [-0.1, -0.05) is 0 Å². The van der Waals surface area contributed by atoms with E-state index in [1.807, 2.05) is 18.2 Å². The van der Waals surface area contributed by atoms with Crippen LogP contribution in [0.5, 0.6) is 0 Å². The number of carbonyl (C=O) groups is 1. The first-order valence-corrected chi connectivity index (χ1v) is 12.3. The van der Waals surface area contributed by atoms with Gasteiger partial charge in [0.2, 0.25) is 0 Å². The number of carbonyl (C=O) groups excluding carboxylic acids is 1. The Labute approximate surface area is 202 Å². The fourth-order valence-electron chi connectivity index (χ4n) is 3.92. The lowest BCUT2D eigenvalue weighted by Crippen LogP contribution is -2.42. The van der Waals surface area contributed by atoms with Crippen LogP contribution in [-0.2, 0) is 0 Å². The monoisotopic (exact) mass is 486 g/mol. The van der Waals surface area contributed by atoms with Crippen molar-refractivity contribution >= 4 is 44.7 Å². The van der Waals surface area contributed by atoms with E-state index in [4.69, 9.17) is 5.73 Å². The number of halogens is 1. The van der Waals surface area contributed by atoms with Crippen molar-refractivity contribution in [3.63, 3.8) is 0 Å². The molecule has 1 aliphatic carbocycles. The normalized spacial score (nSPS) is 19.6. The Morgan fingerprint density at radius 2 is 2.03 bits per heavy atom. The Hall–Kier alpha value is -2.82. The molecule has 1 aliphatic rings. The highest BCUT2D eigenvalue weighted by atomic mass is 32.1. The Kier molecular flexibility index (Phi) is 7.30. The predicted molar refractivity (Wildman–Crippen MR) is 135 cm³/mol. The molecule has 8 nitrogen and oxygen atoms in total. The van der Waals surface area contributed by atoms with Gasteiger partial charge in [-0.2, -0.15) is 0 Å². The number of amides is 1. The topological polar surface area (TPSA) is 125 Å². The van der Waals surface area contributed by atoms with Crippen LogP contribution < -0.4 is 21.7 Å². The van der Waals surface area contributed by atoms with Crippen LogP contribution >= 0.6 is 11.3 Å². The van der Waals surface area contributed by atoms with Crippen LogP contribution in [0.1, 0.15) is 49.9 Å². The van der Waals surface area contributed by atoms with Gasteiger partial charge in [-0.25, -0.2) is 14.4 Å². The first-order chi connectivity index (χ1) is 16.2. The summed E-state index contributed by atoms with van der Waals surface area (Å²) in [5, 5.41) is 19.2. The number of aromatic nitrogens is 2. The van der Waals surface area contributed by atoms with Crippen molar-refractivity contribution in [2.24, 2.45) is 5.73 Å². The number of pyridine rings is 1. The summed E-state index contributed by atoms with van der Waals surface area (Å²) < 4.78 is 15.2. The molecule has 0 bridgehead atoms. The quantitative estimate of drug-likeness (QED) is 0.326. The first-order valence-electron chi connectivity index (χ1n) is 11.5. The maximum atomic E-state index is 14.2. The number of benzene rings is 1. The fourth-order valence-corrected chi connectivity index (χ4v) is 4.63. The zero-order valence-electron chi connectivity index (χ0n) is 19.3. The molecule has 2 heterocycles. The Balaban J connectivity index is 1.54. The highest BCUT2D eigenvalue weighted by molar-refractivity contribution is 7.16. The second-order valence-electron chi connectivity index (χ2n) is 9.36. The molecule has 10 heteroatoms. The summed E-state index contributed by atoms with van der Waals surface area (Å²) in [7, 11) is 0. The van der Waals surface area contributed by atoms with Crippen molar-refractivity contribution in [3.8, 4) is 0 Å². The molecule has 182 valence electrons. The largest absolute Gasteiger partial charge is 0.387 e. The standard InChI is InChI=1S/C24H31FN6O2S/c1-24(2,33)21(25)12-28-23(32)17-11-27-22(10-19(17)30-15-5-3-14(26)4-6-15)31-16-7-8-18-20(9-16)34-13-29-18/h7-11,13-15,21,33H,3-6,12,26H2,1-2H3,(H,28,32)(H2,27,30,31)/t14?,15?,21-/m1/s1. The van der Waals surface area contributed by atoms with E-state index < -0.39 is 17.7 Å². The molecule has 6 N–H and O–H groups in total. The minimum atomic E-state index is -1.59. The number of anilines is 3. The number of fused-ring (bicyclic) bond motifs is 1. The molecule has 34 heavy (non-hydrogen) atoms. The molecule has 0 unspecified atom stereocenters. The second-order valence-corrected chi connectivity index (χ2v) is 10.2. The van der Waals surface area contributed by atoms with Gasteiger partial charge in [0.25, 0.3) is 5.91 Å². The van der Waals surface area contributed by atoms with Gasteiger partial charge in [0.05, 0.1) is 39.1 Å². The molecule has 1 amide bonds. The predicted octanol–water partition coefficient (Wildman–Crippen LogP) is 3.96. The molecule has 0 aliphatic heterocycles. The van der Waals surface area contributed by atoms with Gasteiger partial charge in [-0.05, 0) is 57.7 Å². The van der Waals surface area contributed by atoms with Crippen molar-refractivity contribution < 1.29 is 14.3 Å². The Morgan fingerprint density at radius 1 is 1.26 bits per heavy atom. The average molecular weight is 487 g/mol. The van der Waals surface area contributed by atoms with E-state index in [9.17, 15) is 14.3 Å². The van der Waals surface area contributed by atoms with Crippen molar-refractivity contribution in [2.75, 3.05) is 17.2 Å². The second kappa shape index (κ2) is 10.2. The van der Waals surface area contributed by atoms with Gasteiger partial charge in [-0.15, -0.1) is 11.3 Å². The SMILES string of the molecule is CC(C)(O)[C@H](F)CNC(=O)c1cnc(Nc2ccc3ncsc3c2)cc1NC1CCC(N)CC1. The smallest absolute Gasteiger partial charge is 0.255 e. The molecule has 2 aromatic heterocycles. The highest BCUT2D eigenvalue weighted by Gasteiger charge is 2.27. The summed E-state index contributed by atoms with van der Waals surface area (Å²) in [5.41, 5.74) is 9.04. The summed E-state index contributed by atoms with van der Waals surface area (Å²) in [5.74, 6) is 0.127. The molecule has 0 spiro atoms. The van der Waals surface area contributed by atoms with Crippen molar-refractivity contribution in [3.05, 3.63) is 41.5 Å². The molecule has 0 radical (unpaired) electrons. The molecule has 1 saturated carbocycles. The number of hydrogen-bond acceptors (Lipinski definition) is 8. The number of alkyl halides is 1. The van der Waals surface area contributed by atoms with Gasteiger partial charge in [0.1, 0.15) is 12.0 Å². The van der Waals surface area contributed by atoms with E-state index in [1.54, 1.807) is 22.9 Å². The van der Waals surface area contributed by atoms with Crippen molar-refractivity contribution in [2.45, 2.75) is 63.4 Å². The van der Waals surface area contributed by atoms with Crippen LogP contribution in [0, 0.1) is 0 Å². The van der Waals surface area contributed by atoms with E-state index in [1.165, 1.54) is 20.0 Å². The Bertz CT molecular complexity index is 1140. The van der Waals surface area contributed by atoms with Gasteiger partial charge >= 0.3 is 0 Å². The number of nitrogens with zero attached hydrogens (tertiary/aromatic N) is 2. The summed E-state index contributed by atoms with van der Waals surface area (Å²) >= 11 is 1.56. The lowest BCUT2D eigenvalue weighted by Gasteiger charge is -2.28. The van der Waals surface area contributed by atoms with E-state index in [2.05, 4.69) is 25.9 Å². The van der Waals surface area contributed by atoms with E-state index in [-0.39, 0.29) is 18.6 Å². The summed E-state index contributed by atoms with van der Waals surface area (Å²) in [6.07, 6.45) is 3.53. The third-order valence-electron chi connectivity index (χ3n) is 6.09. The average Bonchev–Trinajstić information content (AvgIpc) is 3.26. The molecule has 0 saturated heterocycles. The third-order valence-corrected chi connectivity index (χ3v) is 6.88. The molecular weight excluding hydrogens is 455 g/mol. The minimum absolute atomic E-state index is 0.181. The third kappa shape index (κ3) is 5.99. The van der Waals surface area contributed by atoms with E-state index in [0.29, 0.717) is 17.1 Å². The zero-order valence-corrected chi connectivity index (χ0v) is 20.2. The molecular formula is C24H31FN6O2S. The van der Waals surface area contributed by atoms with Crippen LogP contribution in [0.25, 0.3) is 10.2 Å². The number of rotatable bonds is 8. The molecule has 1 atom stereocenters. The number of hydrogen-bond donors (Lipinski definition) is 5. The van der Waals surface area contributed by atoms with Crippen LogP contribution in [0.3, 0.4) is 0 Å².